The van der Waals surface area contributed by atoms with Crippen molar-refractivity contribution < 1.29 is 0 Å². The SMILES string of the molecule is N#CC1(c2ccc3[nH]c4c(c3c2)CCCC4)CC1. The molecule has 2 aromatic rings. The van der Waals surface area contributed by atoms with Gasteiger partial charge in [-0.25, -0.2) is 0 Å². The van der Waals surface area contributed by atoms with Crippen molar-refractivity contribution in [2.75, 3.05) is 0 Å². The predicted molar refractivity (Wildman–Crippen MR) is 71.5 cm³/mol. The molecule has 2 aliphatic carbocycles. The highest BCUT2D eigenvalue weighted by Crippen LogP contribution is 2.48. The van der Waals surface area contributed by atoms with Crippen molar-refractivity contribution in [3.8, 4) is 6.07 Å². The molecule has 0 amide bonds. The minimum Gasteiger partial charge on any atom is -0.358 e. The van der Waals surface area contributed by atoms with Crippen LogP contribution in [0.3, 0.4) is 0 Å². The van der Waals surface area contributed by atoms with Gasteiger partial charge in [0.15, 0.2) is 0 Å². The molecule has 0 atom stereocenters. The summed E-state index contributed by atoms with van der Waals surface area (Å²) in [7, 11) is 0. The van der Waals surface area contributed by atoms with Gasteiger partial charge in [-0.2, -0.15) is 5.26 Å². The van der Waals surface area contributed by atoms with Crippen LogP contribution < -0.4 is 0 Å². The topological polar surface area (TPSA) is 39.6 Å². The lowest BCUT2D eigenvalue weighted by molar-refractivity contribution is 0.680. The van der Waals surface area contributed by atoms with E-state index in [9.17, 15) is 5.26 Å². The first kappa shape index (κ1) is 10.2. The average molecular weight is 236 g/mol. The Balaban J connectivity index is 1.92. The number of aromatic nitrogens is 1. The van der Waals surface area contributed by atoms with Crippen molar-refractivity contribution >= 4 is 10.9 Å². The molecule has 0 bridgehead atoms. The monoisotopic (exact) mass is 236 g/mol. The Kier molecular flexibility index (Phi) is 1.92. The molecule has 1 saturated carbocycles. The summed E-state index contributed by atoms with van der Waals surface area (Å²) in [6, 6.07) is 9.07. The molecule has 1 aromatic carbocycles. The quantitative estimate of drug-likeness (QED) is 0.807. The van der Waals surface area contributed by atoms with Crippen LogP contribution in [0.25, 0.3) is 10.9 Å². The van der Waals surface area contributed by atoms with E-state index >= 15 is 0 Å². The molecule has 2 aliphatic rings. The van der Waals surface area contributed by atoms with Gasteiger partial charge in [0.05, 0.1) is 11.5 Å². The van der Waals surface area contributed by atoms with Crippen LogP contribution in [0.1, 0.15) is 42.5 Å². The highest BCUT2D eigenvalue weighted by molar-refractivity contribution is 5.86. The lowest BCUT2D eigenvalue weighted by Gasteiger charge is -2.11. The van der Waals surface area contributed by atoms with Crippen LogP contribution in [0.5, 0.6) is 0 Å². The Hall–Kier alpha value is -1.75. The number of hydrogen-bond acceptors (Lipinski definition) is 1. The Morgan fingerprint density at radius 2 is 2.00 bits per heavy atom. The molecule has 0 spiro atoms. The fourth-order valence-corrected chi connectivity index (χ4v) is 3.29. The fraction of sp³-hybridized carbons (Fsp3) is 0.438. The van der Waals surface area contributed by atoms with Crippen LogP contribution in [0.2, 0.25) is 0 Å². The Bertz CT molecular complexity index is 668. The van der Waals surface area contributed by atoms with E-state index in [2.05, 4.69) is 29.3 Å². The highest BCUT2D eigenvalue weighted by Gasteiger charge is 2.45. The van der Waals surface area contributed by atoms with Crippen LogP contribution in [0.4, 0.5) is 0 Å². The molecular formula is C16H16N2. The second-order valence-electron chi connectivity index (χ2n) is 5.74. The number of nitrogens with zero attached hydrogens (tertiary/aromatic N) is 1. The normalized spacial score (nSPS) is 20.4. The third-order valence-electron chi connectivity index (χ3n) is 4.61. The number of nitrogens with one attached hydrogen (secondary N) is 1. The first-order valence-corrected chi connectivity index (χ1v) is 6.88. The molecule has 1 heterocycles. The Morgan fingerprint density at radius 1 is 1.17 bits per heavy atom. The fourth-order valence-electron chi connectivity index (χ4n) is 3.29. The number of nitriles is 1. The molecule has 0 saturated heterocycles. The van der Waals surface area contributed by atoms with E-state index in [4.69, 9.17) is 0 Å². The summed E-state index contributed by atoms with van der Waals surface area (Å²) in [5, 5.41) is 10.7. The molecule has 1 aromatic heterocycles. The zero-order valence-corrected chi connectivity index (χ0v) is 10.4. The molecule has 18 heavy (non-hydrogen) atoms. The Morgan fingerprint density at radius 3 is 2.78 bits per heavy atom. The molecular weight excluding hydrogens is 220 g/mol. The lowest BCUT2D eigenvalue weighted by Crippen LogP contribution is -2.02. The molecule has 90 valence electrons. The zero-order valence-electron chi connectivity index (χ0n) is 10.4. The van der Waals surface area contributed by atoms with E-state index in [1.165, 1.54) is 53.4 Å². The molecule has 1 N–H and O–H groups in total. The summed E-state index contributed by atoms with van der Waals surface area (Å²) >= 11 is 0. The van der Waals surface area contributed by atoms with E-state index in [1.807, 2.05) is 0 Å². The molecule has 0 aliphatic heterocycles. The minimum absolute atomic E-state index is 0.160. The maximum Gasteiger partial charge on any atom is 0.0824 e. The number of aromatic amines is 1. The number of aryl methyl sites for hydroxylation is 2. The summed E-state index contributed by atoms with van der Waals surface area (Å²) in [6.07, 6.45) is 7.03. The minimum atomic E-state index is -0.160. The van der Waals surface area contributed by atoms with Gasteiger partial charge >= 0.3 is 0 Å². The molecule has 0 radical (unpaired) electrons. The molecule has 2 nitrogen and oxygen atoms in total. The van der Waals surface area contributed by atoms with Gasteiger partial charge in [0.2, 0.25) is 0 Å². The third kappa shape index (κ3) is 1.28. The first-order valence-electron chi connectivity index (χ1n) is 6.88. The van der Waals surface area contributed by atoms with Crippen LogP contribution in [0, 0.1) is 11.3 Å². The number of H-pyrrole nitrogens is 1. The first-order chi connectivity index (χ1) is 8.82. The average Bonchev–Trinajstić information content (AvgIpc) is 3.14. The second kappa shape index (κ2) is 3.38. The summed E-state index contributed by atoms with van der Waals surface area (Å²) in [6.45, 7) is 0. The highest BCUT2D eigenvalue weighted by atomic mass is 14.7. The maximum atomic E-state index is 9.31. The van der Waals surface area contributed by atoms with E-state index in [0.29, 0.717) is 0 Å². The number of benzene rings is 1. The van der Waals surface area contributed by atoms with Crippen molar-refractivity contribution in [1.29, 1.82) is 5.26 Å². The standard InChI is InChI=1S/C16H16N2/c17-10-16(7-8-16)11-5-6-15-13(9-11)12-3-1-2-4-14(12)18-15/h5-6,9,18H,1-4,7-8H2. The third-order valence-corrected chi connectivity index (χ3v) is 4.61. The van der Waals surface area contributed by atoms with Gasteiger partial charge in [-0.1, -0.05) is 6.07 Å². The number of fused-ring (bicyclic) bond motifs is 3. The smallest absolute Gasteiger partial charge is 0.0824 e. The van der Waals surface area contributed by atoms with E-state index in [-0.39, 0.29) is 5.41 Å². The van der Waals surface area contributed by atoms with Gasteiger partial charge in [-0.15, -0.1) is 0 Å². The van der Waals surface area contributed by atoms with Gasteiger partial charge in [0.1, 0.15) is 0 Å². The van der Waals surface area contributed by atoms with Crippen LogP contribution in [0.15, 0.2) is 18.2 Å². The number of rotatable bonds is 1. The van der Waals surface area contributed by atoms with Crippen LogP contribution in [-0.4, -0.2) is 4.98 Å². The van der Waals surface area contributed by atoms with Crippen LogP contribution >= 0.6 is 0 Å². The van der Waals surface area contributed by atoms with Gasteiger partial charge in [-0.3, -0.25) is 0 Å². The largest absolute Gasteiger partial charge is 0.358 e. The van der Waals surface area contributed by atoms with Gasteiger partial charge in [-0.05, 0) is 61.8 Å². The summed E-state index contributed by atoms with van der Waals surface area (Å²) in [5.74, 6) is 0. The second-order valence-corrected chi connectivity index (χ2v) is 5.74. The van der Waals surface area contributed by atoms with Gasteiger partial charge < -0.3 is 4.98 Å². The summed E-state index contributed by atoms with van der Waals surface area (Å²) < 4.78 is 0. The van der Waals surface area contributed by atoms with E-state index in [1.54, 1.807) is 0 Å². The molecule has 0 unspecified atom stereocenters. The van der Waals surface area contributed by atoms with E-state index < -0.39 is 0 Å². The van der Waals surface area contributed by atoms with Crippen molar-refractivity contribution in [3.63, 3.8) is 0 Å². The van der Waals surface area contributed by atoms with Crippen molar-refractivity contribution in [2.45, 2.75) is 43.9 Å². The number of hydrogen-bond donors (Lipinski definition) is 1. The van der Waals surface area contributed by atoms with Crippen molar-refractivity contribution in [2.24, 2.45) is 0 Å². The van der Waals surface area contributed by atoms with E-state index in [0.717, 1.165) is 12.8 Å². The lowest BCUT2D eigenvalue weighted by atomic mass is 9.92. The Labute approximate surface area is 107 Å². The summed E-state index contributed by atoms with van der Waals surface area (Å²) in [4.78, 5) is 3.55. The molecule has 2 heteroatoms. The molecule has 4 rings (SSSR count). The zero-order chi connectivity index (χ0) is 12.2. The maximum absolute atomic E-state index is 9.31. The van der Waals surface area contributed by atoms with Gasteiger partial charge in [0, 0.05) is 16.6 Å². The van der Waals surface area contributed by atoms with Crippen molar-refractivity contribution in [1.82, 2.24) is 4.98 Å². The predicted octanol–water partition coefficient (Wildman–Crippen LogP) is 3.60. The molecule has 1 fully saturated rings. The summed E-state index contributed by atoms with van der Waals surface area (Å²) in [5.41, 5.74) is 5.25. The van der Waals surface area contributed by atoms with Crippen LogP contribution in [-0.2, 0) is 18.3 Å². The van der Waals surface area contributed by atoms with Crippen molar-refractivity contribution in [3.05, 3.63) is 35.0 Å². The van der Waals surface area contributed by atoms with Gasteiger partial charge in [0.25, 0.3) is 0 Å².